The molecule has 1 amide bonds. The number of hydrogen-bond acceptors (Lipinski definition) is 5. The summed E-state index contributed by atoms with van der Waals surface area (Å²) in [6.07, 6.45) is 3.03. The summed E-state index contributed by atoms with van der Waals surface area (Å²) in [6, 6.07) is 21.6. The second kappa shape index (κ2) is 9.63. The summed E-state index contributed by atoms with van der Waals surface area (Å²) >= 11 is 0. The van der Waals surface area contributed by atoms with Crippen molar-refractivity contribution in [2.75, 3.05) is 18.5 Å². The molecule has 0 unspecified atom stereocenters. The van der Waals surface area contributed by atoms with Crippen LogP contribution < -0.4 is 14.8 Å². The van der Waals surface area contributed by atoms with Crippen molar-refractivity contribution >= 4 is 23.6 Å². The Kier molecular flexibility index (Phi) is 6.28. The number of anilines is 1. The third-order valence-corrected chi connectivity index (χ3v) is 4.61. The van der Waals surface area contributed by atoms with Gasteiger partial charge in [-0.1, -0.05) is 36.4 Å². The summed E-state index contributed by atoms with van der Waals surface area (Å²) in [5.74, 6) is 0.711. The highest BCUT2D eigenvalue weighted by Gasteiger charge is 2.11. The van der Waals surface area contributed by atoms with E-state index in [2.05, 4.69) is 5.32 Å². The quantitative estimate of drug-likeness (QED) is 0.475. The molecular weight excluding hydrogens is 394 g/mol. The third kappa shape index (κ3) is 5.51. The zero-order chi connectivity index (χ0) is 21.5. The molecule has 0 radical (unpaired) electrons. The molecule has 0 atom stereocenters. The number of carbonyl (C=O) groups excluding carboxylic acids is 2. The van der Waals surface area contributed by atoms with Gasteiger partial charge in [-0.2, -0.15) is 0 Å². The van der Waals surface area contributed by atoms with Gasteiger partial charge in [-0.15, -0.1) is 0 Å². The number of nitrogens with one attached hydrogen (secondary N) is 1. The van der Waals surface area contributed by atoms with Crippen LogP contribution in [-0.4, -0.2) is 25.1 Å². The molecule has 3 aromatic rings. The van der Waals surface area contributed by atoms with Crippen LogP contribution in [-0.2, 0) is 16.1 Å². The van der Waals surface area contributed by atoms with E-state index in [4.69, 9.17) is 14.2 Å². The summed E-state index contributed by atoms with van der Waals surface area (Å²) in [7, 11) is 0. The maximum atomic E-state index is 12.3. The van der Waals surface area contributed by atoms with E-state index in [1.807, 2.05) is 48.5 Å². The van der Waals surface area contributed by atoms with Crippen molar-refractivity contribution in [3.63, 3.8) is 0 Å². The van der Waals surface area contributed by atoms with E-state index in [9.17, 15) is 9.59 Å². The highest BCUT2D eigenvalue weighted by Crippen LogP contribution is 2.31. The van der Waals surface area contributed by atoms with Crippen LogP contribution in [0.25, 0.3) is 6.08 Å². The van der Waals surface area contributed by atoms with Crippen molar-refractivity contribution in [3.05, 3.63) is 95.6 Å². The van der Waals surface area contributed by atoms with Gasteiger partial charge in [-0.05, 0) is 53.6 Å². The second-order valence-corrected chi connectivity index (χ2v) is 6.86. The number of fused-ring (bicyclic) bond motifs is 1. The fourth-order valence-corrected chi connectivity index (χ4v) is 3.01. The van der Waals surface area contributed by atoms with Gasteiger partial charge >= 0.3 is 5.97 Å². The average molecular weight is 415 g/mol. The van der Waals surface area contributed by atoms with Gasteiger partial charge in [0.15, 0.2) is 11.5 Å². The Bertz CT molecular complexity index is 1090. The Morgan fingerprint density at radius 1 is 0.903 bits per heavy atom. The molecule has 3 aromatic carbocycles. The molecule has 1 heterocycles. The van der Waals surface area contributed by atoms with Crippen molar-refractivity contribution in [2.24, 2.45) is 0 Å². The minimum atomic E-state index is -0.458. The van der Waals surface area contributed by atoms with E-state index in [1.165, 1.54) is 6.08 Å². The number of carbonyl (C=O) groups is 2. The summed E-state index contributed by atoms with van der Waals surface area (Å²) in [5, 5.41) is 2.83. The Hall–Kier alpha value is -4.06. The van der Waals surface area contributed by atoms with Crippen molar-refractivity contribution in [2.45, 2.75) is 6.61 Å². The molecular formula is C25H21NO5. The minimum absolute atomic E-state index is 0.116. The van der Waals surface area contributed by atoms with Crippen LogP contribution in [0.15, 0.2) is 78.9 Å². The zero-order valence-corrected chi connectivity index (χ0v) is 16.7. The van der Waals surface area contributed by atoms with Crippen LogP contribution in [0, 0.1) is 0 Å². The van der Waals surface area contributed by atoms with Crippen molar-refractivity contribution in [1.29, 1.82) is 0 Å². The molecule has 0 spiro atoms. The van der Waals surface area contributed by atoms with Gasteiger partial charge in [-0.3, -0.25) is 4.79 Å². The van der Waals surface area contributed by atoms with Gasteiger partial charge in [0.2, 0.25) is 0 Å². The first-order chi connectivity index (χ1) is 15.2. The van der Waals surface area contributed by atoms with E-state index in [0.29, 0.717) is 30.3 Å². The van der Waals surface area contributed by atoms with Crippen LogP contribution in [0.3, 0.4) is 0 Å². The van der Waals surface area contributed by atoms with Gasteiger partial charge in [-0.25, -0.2) is 4.79 Å². The predicted molar refractivity (Wildman–Crippen MR) is 117 cm³/mol. The zero-order valence-electron chi connectivity index (χ0n) is 16.7. The maximum Gasteiger partial charge on any atom is 0.331 e. The van der Waals surface area contributed by atoms with E-state index < -0.39 is 5.97 Å². The molecule has 1 aliphatic heterocycles. The summed E-state index contributed by atoms with van der Waals surface area (Å²) in [5.41, 5.74) is 2.86. The third-order valence-electron chi connectivity index (χ3n) is 4.61. The van der Waals surface area contributed by atoms with E-state index >= 15 is 0 Å². The molecule has 0 saturated heterocycles. The lowest BCUT2D eigenvalue weighted by atomic mass is 10.1. The number of hydrogen-bond donors (Lipinski definition) is 1. The number of para-hydroxylation sites is 1. The van der Waals surface area contributed by atoms with E-state index in [0.717, 1.165) is 16.8 Å². The average Bonchev–Trinajstić information content (AvgIpc) is 2.82. The first kappa shape index (κ1) is 20.2. The van der Waals surface area contributed by atoms with E-state index in [1.54, 1.807) is 30.3 Å². The van der Waals surface area contributed by atoms with Crippen molar-refractivity contribution in [1.82, 2.24) is 0 Å². The van der Waals surface area contributed by atoms with Crippen molar-refractivity contribution < 1.29 is 23.8 Å². The van der Waals surface area contributed by atoms with Crippen LogP contribution >= 0.6 is 0 Å². The molecule has 0 bridgehead atoms. The minimum Gasteiger partial charge on any atom is -0.486 e. The van der Waals surface area contributed by atoms with Crippen LogP contribution in [0.2, 0.25) is 0 Å². The first-order valence-corrected chi connectivity index (χ1v) is 9.87. The van der Waals surface area contributed by atoms with Gasteiger partial charge in [0.05, 0.1) is 0 Å². The molecule has 0 saturated carbocycles. The lowest BCUT2D eigenvalue weighted by Gasteiger charge is -2.18. The number of benzene rings is 3. The molecule has 6 heteroatoms. The molecule has 4 rings (SSSR count). The molecule has 1 N–H and O–H groups in total. The Labute approximate surface area is 180 Å². The van der Waals surface area contributed by atoms with Gasteiger partial charge in [0.25, 0.3) is 5.91 Å². The largest absolute Gasteiger partial charge is 0.486 e. The summed E-state index contributed by atoms with van der Waals surface area (Å²) in [6.45, 7) is 1.16. The molecule has 31 heavy (non-hydrogen) atoms. The Morgan fingerprint density at radius 2 is 1.65 bits per heavy atom. The lowest BCUT2D eigenvalue weighted by molar-refractivity contribution is -0.138. The molecule has 0 aliphatic carbocycles. The fraction of sp³-hybridized carbons (Fsp3) is 0.120. The van der Waals surface area contributed by atoms with Crippen LogP contribution in [0.1, 0.15) is 21.5 Å². The second-order valence-electron chi connectivity index (χ2n) is 6.86. The lowest BCUT2D eigenvalue weighted by Crippen LogP contribution is -2.15. The summed E-state index contributed by atoms with van der Waals surface area (Å²) < 4.78 is 16.3. The van der Waals surface area contributed by atoms with Gasteiger partial charge < -0.3 is 19.5 Å². The van der Waals surface area contributed by atoms with Crippen LogP contribution in [0.4, 0.5) is 5.69 Å². The first-order valence-electron chi connectivity index (χ1n) is 9.87. The highest BCUT2D eigenvalue weighted by molar-refractivity contribution is 6.04. The number of esters is 1. The van der Waals surface area contributed by atoms with Gasteiger partial charge in [0, 0.05) is 17.3 Å². The molecule has 156 valence electrons. The van der Waals surface area contributed by atoms with E-state index in [-0.39, 0.29) is 12.5 Å². The van der Waals surface area contributed by atoms with Crippen LogP contribution in [0.5, 0.6) is 11.5 Å². The normalized spacial score (nSPS) is 12.4. The van der Waals surface area contributed by atoms with Crippen molar-refractivity contribution in [3.8, 4) is 11.5 Å². The molecule has 1 aliphatic rings. The topological polar surface area (TPSA) is 73.9 Å². The maximum absolute atomic E-state index is 12.3. The Balaban J connectivity index is 1.28. The molecule has 6 nitrogen and oxygen atoms in total. The number of ether oxygens (including phenoxy) is 3. The smallest absolute Gasteiger partial charge is 0.331 e. The number of rotatable bonds is 6. The summed E-state index contributed by atoms with van der Waals surface area (Å²) in [4.78, 5) is 24.3. The predicted octanol–water partition coefficient (Wildman–Crippen LogP) is 4.47. The molecule has 0 fully saturated rings. The highest BCUT2D eigenvalue weighted by atomic mass is 16.6. The van der Waals surface area contributed by atoms with Gasteiger partial charge in [0.1, 0.15) is 19.8 Å². The monoisotopic (exact) mass is 415 g/mol. The Morgan fingerprint density at radius 3 is 2.42 bits per heavy atom. The number of amides is 1. The SMILES string of the molecule is O=C(/C=C/c1ccc2c(c1)OCCO2)OCc1ccc(C(=O)Nc2ccccc2)cc1. The fourth-order valence-electron chi connectivity index (χ4n) is 3.01. The molecule has 0 aromatic heterocycles. The standard InChI is InChI=1S/C25H21NO5/c27-24(13-9-18-8-12-22-23(16-18)30-15-14-29-22)31-17-19-6-10-20(11-7-19)25(28)26-21-4-2-1-3-5-21/h1-13,16H,14-15,17H2,(H,26,28)/b13-9+.